The summed E-state index contributed by atoms with van der Waals surface area (Å²) < 4.78 is 18.1. The van der Waals surface area contributed by atoms with Crippen molar-refractivity contribution in [2.45, 2.75) is 18.7 Å². The Morgan fingerprint density at radius 2 is 2.13 bits per heavy atom. The van der Waals surface area contributed by atoms with Crippen LogP contribution in [0.15, 0.2) is 57.3 Å². The van der Waals surface area contributed by atoms with Crippen molar-refractivity contribution < 1.29 is 13.6 Å². The lowest BCUT2D eigenvalue weighted by Crippen LogP contribution is -2.30. The molecule has 1 aliphatic rings. The van der Waals surface area contributed by atoms with E-state index in [0.717, 1.165) is 5.56 Å². The molecule has 23 heavy (non-hydrogen) atoms. The Bertz CT molecular complexity index is 741. The number of amidine groups is 1. The summed E-state index contributed by atoms with van der Waals surface area (Å²) in [6.07, 6.45) is 3.03. The summed E-state index contributed by atoms with van der Waals surface area (Å²) in [5.41, 5.74) is 0.831. The van der Waals surface area contributed by atoms with Crippen molar-refractivity contribution in [2.75, 3.05) is 0 Å². The van der Waals surface area contributed by atoms with Gasteiger partial charge in [0.05, 0.1) is 24.3 Å². The van der Waals surface area contributed by atoms with Crippen molar-refractivity contribution in [3.05, 3.63) is 59.8 Å². The number of halogens is 1. The lowest BCUT2D eigenvalue weighted by atomic mass is 10.2. The number of benzene rings is 1. The topological polar surface area (TPSA) is 58.2 Å². The van der Waals surface area contributed by atoms with Gasteiger partial charge < -0.3 is 4.42 Å². The van der Waals surface area contributed by atoms with Gasteiger partial charge in [-0.3, -0.25) is 9.69 Å². The molecule has 0 saturated carbocycles. The summed E-state index contributed by atoms with van der Waals surface area (Å²) in [6.45, 7) is 2.16. The standard InChI is InChI=1S/C16H14FN3O2S/c1-11-15(21)20(10-12-4-6-13(17)7-5-12)16(23-11)19-18-9-14-3-2-8-22-14/h2-9,11H,10H2,1H3/b18-9-,19-16-/t11-/m0/s1. The van der Waals surface area contributed by atoms with Crippen LogP contribution in [0, 0.1) is 5.82 Å². The molecular formula is C16H14FN3O2S. The van der Waals surface area contributed by atoms with E-state index < -0.39 is 0 Å². The van der Waals surface area contributed by atoms with Gasteiger partial charge in [0, 0.05) is 0 Å². The van der Waals surface area contributed by atoms with Crippen molar-refractivity contribution in [1.29, 1.82) is 0 Å². The molecule has 1 atom stereocenters. The maximum Gasteiger partial charge on any atom is 0.242 e. The van der Waals surface area contributed by atoms with Crippen molar-refractivity contribution in [3.63, 3.8) is 0 Å². The second-order valence-corrected chi connectivity index (χ2v) is 6.26. The molecule has 1 aromatic heterocycles. The normalized spacial score (nSPS) is 20.1. The van der Waals surface area contributed by atoms with Gasteiger partial charge in [0.1, 0.15) is 11.6 Å². The molecule has 0 aliphatic carbocycles. The summed E-state index contributed by atoms with van der Waals surface area (Å²) in [5, 5.41) is 8.39. The molecule has 0 N–H and O–H groups in total. The average molecular weight is 331 g/mol. The molecule has 0 bridgehead atoms. The van der Waals surface area contributed by atoms with Gasteiger partial charge in [-0.05, 0) is 36.8 Å². The minimum atomic E-state index is -0.304. The van der Waals surface area contributed by atoms with Gasteiger partial charge in [-0.25, -0.2) is 4.39 Å². The Kier molecular flexibility index (Phi) is 4.57. The zero-order valence-electron chi connectivity index (χ0n) is 12.3. The van der Waals surface area contributed by atoms with Crippen LogP contribution >= 0.6 is 11.8 Å². The molecule has 1 aliphatic heterocycles. The Morgan fingerprint density at radius 3 is 2.83 bits per heavy atom. The predicted molar refractivity (Wildman–Crippen MR) is 87.7 cm³/mol. The van der Waals surface area contributed by atoms with E-state index in [2.05, 4.69) is 10.2 Å². The summed E-state index contributed by atoms with van der Waals surface area (Å²) in [5.74, 6) is 0.245. The van der Waals surface area contributed by atoms with Crippen LogP contribution in [0.3, 0.4) is 0 Å². The zero-order chi connectivity index (χ0) is 16.2. The first-order chi connectivity index (χ1) is 11.1. The van der Waals surface area contributed by atoms with Gasteiger partial charge in [0.15, 0.2) is 5.17 Å². The van der Waals surface area contributed by atoms with E-state index in [-0.39, 0.29) is 17.0 Å². The number of amides is 1. The zero-order valence-corrected chi connectivity index (χ0v) is 13.2. The Labute approximate surface area is 136 Å². The van der Waals surface area contributed by atoms with Crippen LogP contribution in [-0.4, -0.2) is 27.4 Å². The van der Waals surface area contributed by atoms with Crippen molar-refractivity contribution in [2.24, 2.45) is 10.2 Å². The van der Waals surface area contributed by atoms with Crippen LogP contribution < -0.4 is 0 Å². The Balaban J connectivity index is 1.77. The van der Waals surface area contributed by atoms with Gasteiger partial charge >= 0.3 is 0 Å². The maximum atomic E-state index is 13.0. The summed E-state index contributed by atoms with van der Waals surface area (Å²) in [7, 11) is 0. The maximum absolute atomic E-state index is 13.0. The number of hydrogen-bond donors (Lipinski definition) is 0. The molecule has 0 radical (unpaired) electrons. The fourth-order valence-electron chi connectivity index (χ4n) is 2.08. The Morgan fingerprint density at radius 1 is 1.35 bits per heavy atom. The molecule has 1 amide bonds. The van der Waals surface area contributed by atoms with Gasteiger partial charge in [-0.15, -0.1) is 5.10 Å². The molecule has 1 aromatic carbocycles. The molecule has 5 nitrogen and oxygen atoms in total. The van der Waals surface area contributed by atoms with E-state index in [0.29, 0.717) is 17.5 Å². The second kappa shape index (κ2) is 6.78. The number of carbonyl (C=O) groups excluding carboxylic acids is 1. The number of hydrogen-bond acceptors (Lipinski definition) is 5. The first kappa shape index (κ1) is 15.5. The molecule has 0 unspecified atom stereocenters. The highest BCUT2D eigenvalue weighted by Gasteiger charge is 2.35. The quantitative estimate of drug-likeness (QED) is 0.638. The van der Waals surface area contributed by atoms with Gasteiger partial charge in [0.2, 0.25) is 5.91 Å². The highest BCUT2D eigenvalue weighted by Crippen LogP contribution is 2.28. The lowest BCUT2D eigenvalue weighted by molar-refractivity contribution is -0.126. The highest BCUT2D eigenvalue weighted by atomic mass is 32.2. The number of thioether (sulfide) groups is 1. The van der Waals surface area contributed by atoms with E-state index in [9.17, 15) is 9.18 Å². The first-order valence-corrected chi connectivity index (χ1v) is 7.88. The fourth-order valence-corrected chi connectivity index (χ4v) is 3.00. The van der Waals surface area contributed by atoms with Crippen LogP contribution in [-0.2, 0) is 11.3 Å². The summed E-state index contributed by atoms with van der Waals surface area (Å²) in [6, 6.07) is 9.57. The minimum Gasteiger partial charge on any atom is -0.463 e. The van der Waals surface area contributed by atoms with E-state index in [4.69, 9.17) is 4.42 Å². The van der Waals surface area contributed by atoms with Crippen LogP contribution in [0.4, 0.5) is 4.39 Å². The molecule has 3 rings (SSSR count). The van der Waals surface area contributed by atoms with Crippen LogP contribution in [0.2, 0.25) is 0 Å². The van der Waals surface area contributed by atoms with Crippen molar-refractivity contribution >= 4 is 29.1 Å². The molecule has 1 saturated heterocycles. The van der Waals surface area contributed by atoms with Crippen LogP contribution in [0.25, 0.3) is 0 Å². The minimum absolute atomic E-state index is 0.0359. The molecule has 0 spiro atoms. The molecule has 2 aromatic rings. The van der Waals surface area contributed by atoms with Crippen molar-refractivity contribution in [3.8, 4) is 0 Å². The largest absolute Gasteiger partial charge is 0.463 e. The van der Waals surface area contributed by atoms with Gasteiger partial charge in [-0.2, -0.15) is 5.10 Å². The van der Waals surface area contributed by atoms with E-state index in [1.54, 1.807) is 35.4 Å². The highest BCUT2D eigenvalue weighted by molar-refractivity contribution is 8.15. The van der Waals surface area contributed by atoms with Gasteiger partial charge in [0.25, 0.3) is 0 Å². The Hall–Kier alpha value is -2.41. The summed E-state index contributed by atoms with van der Waals surface area (Å²) >= 11 is 1.35. The number of nitrogens with zero attached hydrogens (tertiary/aromatic N) is 3. The molecule has 118 valence electrons. The summed E-state index contributed by atoms with van der Waals surface area (Å²) in [4.78, 5) is 13.8. The monoisotopic (exact) mass is 331 g/mol. The second-order valence-electron chi connectivity index (χ2n) is 4.95. The van der Waals surface area contributed by atoms with Crippen LogP contribution in [0.5, 0.6) is 0 Å². The smallest absolute Gasteiger partial charge is 0.242 e. The van der Waals surface area contributed by atoms with Gasteiger partial charge in [-0.1, -0.05) is 23.9 Å². The SMILES string of the molecule is C[C@@H]1S/C(=N\N=C/c2ccco2)N(Cc2ccc(F)cc2)C1=O. The average Bonchev–Trinajstić information content (AvgIpc) is 3.14. The molecular weight excluding hydrogens is 317 g/mol. The van der Waals surface area contributed by atoms with Crippen molar-refractivity contribution in [1.82, 2.24) is 4.90 Å². The third kappa shape index (κ3) is 3.68. The van der Waals surface area contributed by atoms with E-state index in [1.165, 1.54) is 30.1 Å². The van der Waals surface area contributed by atoms with E-state index in [1.807, 2.05) is 6.92 Å². The van der Waals surface area contributed by atoms with Crippen LogP contribution in [0.1, 0.15) is 18.2 Å². The molecule has 2 heterocycles. The number of rotatable bonds is 4. The predicted octanol–water partition coefficient (Wildman–Crippen LogP) is 3.27. The number of furan rings is 1. The molecule has 1 fully saturated rings. The van der Waals surface area contributed by atoms with E-state index >= 15 is 0 Å². The fraction of sp³-hybridized carbons (Fsp3) is 0.188. The molecule has 7 heteroatoms. The lowest BCUT2D eigenvalue weighted by Gasteiger charge is -2.15. The third-order valence-corrected chi connectivity index (χ3v) is 4.32. The number of carbonyl (C=O) groups is 1. The first-order valence-electron chi connectivity index (χ1n) is 7.00. The third-order valence-electron chi connectivity index (χ3n) is 3.25.